The Morgan fingerprint density at radius 1 is 1.38 bits per heavy atom. The highest BCUT2D eigenvalue weighted by atomic mass is 16.5. The van der Waals surface area contributed by atoms with Crippen LogP contribution in [-0.4, -0.2) is 19.0 Å². The van der Waals surface area contributed by atoms with Crippen LogP contribution in [0.4, 0.5) is 5.69 Å². The Bertz CT molecular complexity index is 457. The van der Waals surface area contributed by atoms with Gasteiger partial charge in [-0.05, 0) is 24.1 Å². The second-order valence-corrected chi connectivity index (χ2v) is 4.57. The number of rotatable bonds is 1. The number of nitrogen functional groups attached to an aromatic ring is 1. The first-order valence-electron chi connectivity index (χ1n) is 5.49. The smallest absolute Gasteiger partial charge is 0.121 e. The number of anilines is 1. The van der Waals surface area contributed by atoms with Crippen LogP contribution in [0.2, 0.25) is 0 Å². The predicted molar refractivity (Wildman–Crippen MR) is 63.1 cm³/mol. The minimum absolute atomic E-state index is 0.157. The van der Waals surface area contributed by atoms with Gasteiger partial charge in [-0.1, -0.05) is 12.1 Å². The van der Waals surface area contributed by atoms with Gasteiger partial charge in [0.2, 0.25) is 0 Å². The zero-order valence-corrected chi connectivity index (χ0v) is 9.02. The van der Waals surface area contributed by atoms with Crippen molar-refractivity contribution < 1.29 is 4.74 Å². The van der Waals surface area contributed by atoms with Crippen molar-refractivity contribution >= 4 is 11.5 Å². The van der Waals surface area contributed by atoms with Crippen molar-refractivity contribution in [3.05, 3.63) is 29.8 Å². The summed E-state index contributed by atoms with van der Waals surface area (Å²) in [6, 6.07) is 7.91. The quantitative estimate of drug-likeness (QED) is 0.685. The summed E-state index contributed by atoms with van der Waals surface area (Å²) < 4.78 is 5.45. The first-order valence-corrected chi connectivity index (χ1v) is 5.49. The van der Waals surface area contributed by atoms with Gasteiger partial charge < -0.3 is 16.2 Å². The van der Waals surface area contributed by atoms with Crippen molar-refractivity contribution in [1.82, 2.24) is 0 Å². The van der Waals surface area contributed by atoms with Crippen LogP contribution in [0.5, 0.6) is 0 Å². The molecule has 0 unspecified atom stereocenters. The lowest BCUT2D eigenvalue weighted by atomic mass is 10.0. The van der Waals surface area contributed by atoms with Crippen molar-refractivity contribution in [1.29, 1.82) is 0 Å². The summed E-state index contributed by atoms with van der Waals surface area (Å²) in [4.78, 5) is 4.61. The predicted octanol–water partition coefficient (Wildman–Crippen LogP) is 0.871. The van der Waals surface area contributed by atoms with Crippen molar-refractivity contribution in [3.8, 4) is 0 Å². The van der Waals surface area contributed by atoms with Gasteiger partial charge >= 0.3 is 0 Å². The van der Waals surface area contributed by atoms with Crippen molar-refractivity contribution in [2.45, 2.75) is 12.0 Å². The molecule has 16 heavy (non-hydrogen) atoms. The lowest BCUT2D eigenvalue weighted by molar-refractivity contribution is 0.159. The van der Waals surface area contributed by atoms with Crippen LogP contribution in [0.1, 0.15) is 12.0 Å². The van der Waals surface area contributed by atoms with Crippen molar-refractivity contribution in [3.63, 3.8) is 0 Å². The molecule has 1 aromatic carbocycles. The van der Waals surface area contributed by atoms with E-state index in [1.807, 2.05) is 18.2 Å². The molecule has 1 aliphatic heterocycles. The highest BCUT2D eigenvalue weighted by Crippen LogP contribution is 2.56. The van der Waals surface area contributed by atoms with E-state index in [0.717, 1.165) is 24.3 Å². The zero-order valence-electron chi connectivity index (χ0n) is 9.02. The standard InChI is InChI=1S/C12H15N3O/c13-10-3-1-2-8(4-10)12-5-9(12)6-16-7-11(14)15-12/h1-4,9H,5-7,13H2,(H2,14,15)/t9-,12+/m0/s1. The SMILES string of the molecule is NC1=N[C@@]2(c3cccc(N)c3)C[C@H]2COC1. The molecule has 3 rings (SSSR count). The Morgan fingerprint density at radius 2 is 2.25 bits per heavy atom. The summed E-state index contributed by atoms with van der Waals surface area (Å²) >= 11 is 0. The van der Waals surface area contributed by atoms with Crippen LogP contribution in [0.25, 0.3) is 0 Å². The van der Waals surface area contributed by atoms with Crippen LogP contribution >= 0.6 is 0 Å². The molecule has 84 valence electrons. The fourth-order valence-corrected chi connectivity index (χ4v) is 2.47. The molecule has 2 atom stereocenters. The second-order valence-electron chi connectivity index (χ2n) is 4.57. The summed E-state index contributed by atoms with van der Waals surface area (Å²) in [5, 5.41) is 0. The highest BCUT2D eigenvalue weighted by Gasteiger charge is 2.56. The minimum atomic E-state index is -0.157. The van der Waals surface area contributed by atoms with Gasteiger partial charge in [0.05, 0.1) is 12.1 Å². The number of ether oxygens (including phenoxy) is 1. The van der Waals surface area contributed by atoms with Gasteiger partial charge in [0.1, 0.15) is 12.4 Å². The third-order valence-corrected chi connectivity index (χ3v) is 3.37. The molecular formula is C12H15N3O. The van der Waals surface area contributed by atoms with Crippen molar-refractivity contribution in [2.75, 3.05) is 18.9 Å². The molecule has 1 saturated carbocycles. The molecule has 0 spiro atoms. The number of benzene rings is 1. The number of nitrogens with zero attached hydrogens (tertiary/aromatic N) is 1. The largest absolute Gasteiger partial charge is 0.399 e. The number of aliphatic imine (C=N–C) groups is 1. The maximum atomic E-state index is 5.81. The average molecular weight is 217 g/mol. The van der Waals surface area contributed by atoms with Gasteiger partial charge in [0.15, 0.2) is 0 Å². The zero-order chi connectivity index (χ0) is 11.2. The topological polar surface area (TPSA) is 73.6 Å². The minimum Gasteiger partial charge on any atom is -0.399 e. The molecule has 0 aromatic heterocycles. The third-order valence-electron chi connectivity index (χ3n) is 3.37. The molecule has 0 saturated heterocycles. The van der Waals surface area contributed by atoms with Gasteiger partial charge in [-0.3, -0.25) is 4.99 Å². The Hall–Kier alpha value is -1.55. The number of amidine groups is 1. The van der Waals surface area contributed by atoms with E-state index >= 15 is 0 Å². The fraction of sp³-hybridized carbons (Fsp3) is 0.417. The lowest BCUT2D eigenvalue weighted by Crippen LogP contribution is -2.20. The molecule has 2 aliphatic rings. The number of nitrogens with two attached hydrogens (primary N) is 2. The van der Waals surface area contributed by atoms with E-state index in [0.29, 0.717) is 18.4 Å². The summed E-state index contributed by atoms with van der Waals surface area (Å²) in [5.74, 6) is 1.04. The van der Waals surface area contributed by atoms with E-state index in [1.165, 1.54) is 0 Å². The molecule has 1 heterocycles. The van der Waals surface area contributed by atoms with E-state index in [1.54, 1.807) is 0 Å². The van der Waals surface area contributed by atoms with Gasteiger partial charge in [0, 0.05) is 11.6 Å². The maximum absolute atomic E-state index is 5.81. The normalized spacial score (nSPS) is 32.5. The average Bonchev–Trinajstić information content (AvgIpc) is 2.93. The van der Waals surface area contributed by atoms with Crippen LogP contribution in [0.15, 0.2) is 29.3 Å². The molecule has 4 heteroatoms. The Labute approximate surface area is 94.3 Å². The van der Waals surface area contributed by atoms with E-state index in [2.05, 4.69) is 11.1 Å². The fourth-order valence-electron chi connectivity index (χ4n) is 2.47. The first-order chi connectivity index (χ1) is 7.71. The van der Waals surface area contributed by atoms with Crippen LogP contribution < -0.4 is 11.5 Å². The third kappa shape index (κ3) is 1.38. The monoisotopic (exact) mass is 217 g/mol. The summed E-state index contributed by atoms with van der Waals surface area (Å²) in [6.07, 6.45) is 1.01. The molecular weight excluding hydrogens is 202 g/mol. The van der Waals surface area contributed by atoms with Gasteiger partial charge in [0.25, 0.3) is 0 Å². The van der Waals surface area contributed by atoms with Crippen LogP contribution in [0.3, 0.4) is 0 Å². The van der Waals surface area contributed by atoms with Gasteiger partial charge in [-0.2, -0.15) is 0 Å². The van der Waals surface area contributed by atoms with E-state index < -0.39 is 0 Å². The Morgan fingerprint density at radius 3 is 3.06 bits per heavy atom. The van der Waals surface area contributed by atoms with Gasteiger partial charge in [-0.25, -0.2) is 0 Å². The van der Waals surface area contributed by atoms with Crippen LogP contribution in [0, 0.1) is 5.92 Å². The highest BCUT2D eigenvalue weighted by molar-refractivity contribution is 5.82. The summed E-state index contributed by atoms with van der Waals surface area (Å²) in [5.41, 5.74) is 13.4. The molecule has 1 fully saturated rings. The van der Waals surface area contributed by atoms with E-state index in [4.69, 9.17) is 16.2 Å². The van der Waals surface area contributed by atoms with E-state index in [-0.39, 0.29) is 5.54 Å². The molecule has 0 radical (unpaired) electrons. The first kappa shape index (κ1) is 9.66. The summed E-state index contributed by atoms with van der Waals surface area (Å²) in [6.45, 7) is 1.18. The number of fused-ring (bicyclic) bond motifs is 1. The molecule has 0 amide bonds. The van der Waals surface area contributed by atoms with Gasteiger partial charge in [-0.15, -0.1) is 0 Å². The molecule has 4 nitrogen and oxygen atoms in total. The van der Waals surface area contributed by atoms with E-state index in [9.17, 15) is 0 Å². The van der Waals surface area contributed by atoms with Crippen molar-refractivity contribution in [2.24, 2.45) is 16.6 Å². The van der Waals surface area contributed by atoms with Crippen LogP contribution in [-0.2, 0) is 10.3 Å². The number of hydrogen-bond donors (Lipinski definition) is 2. The molecule has 4 N–H and O–H groups in total. The second kappa shape index (κ2) is 3.22. The molecule has 1 aromatic rings. The lowest BCUT2D eigenvalue weighted by Gasteiger charge is -2.12. The number of hydrogen-bond acceptors (Lipinski definition) is 4. The molecule has 0 bridgehead atoms. The summed E-state index contributed by atoms with van der Waals surface area (Å²) in [7, 11) is 0. The molecule has 1 aliphatic carbocycles. The Balaban J connectivity index is 2.03. The maximum Gasteiger partial charge on any atom is 0.121 e. The Kier molecular flexibility index (Phi) is 1.94.